The first-order valence-electron chi connectivity index (χ1n) is 4.19. The van der Waals surface area contributed by atoms with Crippen molar-refractivity contribution in [1.82, 2.24) is 4.72 Å². The summed E-state index contributed by atoms with van der Waals surface area (Å²) in [6.45, 7) is 0. The minimum absolute atomic E-state index is 0.0102. The number of nitrogens with zero attached hydrogens (tertiary/aromatic N) is 1. The molecule has 0 spiro atoms. The van der Waals surface area contributed by atoms with Crippen LogP contribution in [-0.4, -0.2) is 23.2 Å². The molecule has 0 fully saturated rings. The van der Waals surface area contributed by atoms with Crippen LogP contribution in [0.15, 0.2) is 22.0 Å². The van der Waals surface area contributed by atoms with E-state index in [0.29, 0.717) is 0 Å². The van der Waals surface area contributed by atoms with E-state index >= 15 is 0 Å². The molecule has 0 bridgehead atoms. The largest absolute Gasteiger partial charge is 0.284 e. The number of rotatable bonds is 2. The van der Waals surface area contributed by atoms with Crippen LogP contribution in [0.5, 0.6) is 0 Å². The van der Waals surface area contributed by atoms with E-state index in [1.165, 1.54) is 6.07 Å². The second kappa shape index (κ2) is 4.17. The Labute approximate surface area is 104 Å². The van der Waals surface area contributed by atoms with Crippen LogP contribution in [0.3, 0.4) is 0 Å². The second-order valence-electron chi connectivity index (χ2n) is 3.05. The van der Waals surface area contributed by atoms with E-state index in [-0.39, 0.29) is 21.3 Å². The van der Waals surface area contributed by atoms with E-state index in [1.807, 2.05) is 4.72 Å². The van der Waals surface area contributed by atoms with Gasteiger partial charge < -0.3 is 0 Å². The highest BCUT2D eigenvalue weighted by Gasteiger charge is 2.22. The molecule has 0 aromatic heterocycles. The maximum absolute atomic E-state index is 11.6. The van der Waals surface area contributed by atoms with Crippen molar-refractivity contribution in [3.05, 3.63) is 17.2 Å². The van der Waals surface area contributed by atoms with Gasteiger partial charge in [-0.3, -0.25) is 9.44 Å². The van der Waals surface area contributed by atoms with Crippen LogP contribution in [0.1, 0.15) is 0 Å². The van der Waals surface area contributed by atoms with Crippen molar-refractivity contribution in [2.45, 2.75) is 4.90 Å². The third kappa shape index (κ3) is 2.35. The van der Waals surface area contributed by atoms with Crippen LogP contribution < -0.4 is 9.44 Å². The summed E-state index contributed by atoms with van der Waals surface area (Å²) >= 11 is 5.78. The zero-order valence-corrected chi connectivity index (χ0v) is 10.5. The normalized spacial score (nSPS) is 16.4. The third-order valence-electron chi connectivity index (χ3n) is 1.96. The number of hydrogen-bond acceptors (Lipinski definition) is 5. The molecule has 2 rings (SSSR count). The highest BCUT2D eigenvalue weighted by atomic mass is 35.5. The Balaban J connectivity index is 2.65. The van der Waals surface area contributed by atoms with Gasteiger partial charge in [0.05, 0.1) is 16.4 Å². The number of sulfonamides is 1. The number of aliphatic imine (C=N–C) groups is 1. The molecule has 1 aliphatic rings. The smallest absolute Gasteiger partial charge is 0.264 e. The van der Waals surface area contributed by atoms with Gasteiger partial charge >= 0.3 is 0 Å². The predicted molar refractivity (Wildman–Crippen MR) is 63.9 cm³/mol. The van der Waals surface area contributed by atoms with Crippen molar-refractivity contribution in [2.75, 3.05) is 4.72 Å². The zero-order valence-electron chi connectivity index (χ0n) is 8.05. The standard InChI is InChI=1S/C7H6ClN3O4S2/c8-4-1-6-7(2-5(4)11-16(12)13)17(14,15)10-3-9-6/h1-3,16H,(H,9,10)(H,11,12,13). The molecule has 0 saturated heterocycles. The van der Waals surface area contributed by atoms with Crippen LogP contribution in [0.4, 0.5) is 11.4 Å². The van der Waals surface area contributed by atoms with Gasteiger partial charge in [0, 0.05) is 0 Å². The number of nitrogens with one attached hydrogen (secondary N) is 2. The van der Waals surface area contributed by atoms with Gasteiger partial charge in [0.2, 0.25) is 10.9 Å². The van der Waals surface area contributed by atoms with Crippen molar-refractivity contribution in [3.63, 3.8) is 0 Å². The first kappa shape index (κ1) is 12.1. The van der Waals surface area contributed by atoms with Crippen LogP contribution >= 0.6 is 11.6 Å². The van der Waals surface area contributed by atoms with Gasteiger partial charge in [-0.25, -0.2) is 21.8 Å². The topological polar surface area (TPSA) is 105 Å². The summed E-state index contributed by atoms with van der Waals surface area (Å²) in [4.78, 5) is 3.66. The van der Waals surface area contributed by atoms with E-state index in [4.69, 9.17) is 11.6 Å². The number of fused-ring (bicyclic) bond motifs is 1. The molecule has 17 heavy (non-hydrogen) atoms. The number of halogens is 1. The van der Waals surface area contributed by atoms with Gasteiger partial charge in [-0.15, -0.1) is 0 Å². The fourth-order valence-corrected chi connectivity index (χ4v) is 2.90. The highest BCUT2D eigenvalue weighted by molar-refractivity contribution is 7.90. The van der Waals surface area contributed by atoms with E-state index in [9.17, 15) is 16.8 Å². The van der Waals surface area contributed by atoms with Crippen LogP contribution in [0, 0.1) is 0 Å². The summed E-state index contributed by atoms with van der Waals surface area (Å²) in [5, 5.41) is 0.0669. The Kier molecular flexibility index (Phi) is 2.98. The summed E-state index contributed by atoms with van der Waals surface area (Å²) in [7, 11) is -6.64. The molecular formula is C7H6ClN3O4S2. The van der Waals surface area contributed by atoms with Crippen LogP contribution in [-0.2, 0) is 20.9 Å². The molecule has 1 aliphatic heterocycles. The van der Waals surface area contributed by atoms with E-state index in [0.717, 1.165) is 12.4 Å². The fourth-order valence-electron chi connectivity index (χ4n) is 1.27. The maximum Gasteiger partial charge on any atom is 0.264 e. The fraction of sp³-hybridized carbons (Fsp3) is 0. The van der Waals surface area contributed by atoms with Crippen molar-refractivity contribution in [3.8, 4) is 0 Å². The molecular weight excluding hydrogens is 290 g/mol. The van der Waals surface area contributed by atoms with Crippen LogP contribution in [0.25, 0.3) is 0 Å². The Morgan fingerprint density at radius 3 is 2.71 bits per heavy atom. The summed E-state index contributed by atoms with van der Waals surface area (Å²) in [6, 6.07) is 2.38. The Morgan fingerprint density at radius 1 is 1.35 bits per heavy atom. The minimum atomic E-state index is -3.71. The molecule has 0 atom stereocenters. The van der Waals surface area contributed by atoms with Gasteiger partial charge in [-0.2, -0.15) is 0 Å². The van der Waals surface area contributed by atoms with E-state index < -0.39 is 20.9 Å². The number of hydrogen-bond donors (Lipinski definition) is 3. The predicted octanol–water partition coefficient (Wildman–Crippen LogP) is 0.230. The van der Waals surface area contributed by atoms with Gasteiger partial charge in [-0.1, -0.05) is 11.6 Å². The summed E-state index contributed by atoms with van der Waals surface area (Å²) in [6.07, 6.45) is 1.02. The van der Waals surface area contributed by atoms with Crippen molar-refractivity contribution in [1.29, 1.82) is 0 Å². The summed E-state index contributed by atoms with van der Waals surface area (Å²) in [5.74, 6) is 0. The molecule has 0 radical (unpaired) electrons. The lowest BCUT2D eigenvalue weighted by atomic mass is 10.3. The lowest BCUT2D eigenvalue weighted by molar-refractivity contribution is 0.592. The average Bonchev–Trinajstić information content (AvgIpc) is 2.19. The molecule has 1 heterocycles. The van der Waals surface area contributed by atoms with Crippen molar-refractivity contribution < 1.29 is 16.8 Å². The van der Waals surface area contributed by atoms with Gasteiger partial charge in [0.25, 0.3) is 10.0 Å². The zero-order chi connectivity index (χ0) is 12.6. The second-order valence-corrected chi connectivity index (χ2v) is 5.88. The first-order valence-corrected chi connectivity index (χ1v) is 7.23. The molecule has 1 aromatic rings. The van der Waals surface area contributed by atoms with Gasteiger partial charge in [0.1, 0.15) is 11.2 Å². The van der Waals surface area contributed by atoms with Crippen molar-refractivity contribution in [2.24, 2.45) is 4.99 Å². The molecule has 0 saturated carbocycles. The Hall–Kier alpha value is -1.32. The Bertz CT molecular complexity index is 673. The van der Waals surface area contributed by atoms with Gasteiger partial charge in [-0.05, 0) is 12.1 Å². The molecule has 0 amide bonds. The lowest BCUT2D eigenvalue weighted by Crippen LogP contribution is -2.25. The van der Waals surface area contributed by atoms with Crippen molar-refractivity contribution >= 4 is 50.2 Å². The number of benzene rings is 1. The average molecular weight is 296 g/mol. The molecule has 10 heteroatoms. The molecule has 0 unspecified atom stereocenters. The first-order chi connectivity index (χ1) is 7.90. The van der Waals surface area contributed by atoms with Gasteiger partial charge in [0.15, 0.2) is 0 Å². The molecule has 0 aliphatic carbocycles. The Morgan fingerprint density at radius 2 is 2.06 bits per heavy atom. The molecule has 7 nitrogen and oxygen atoms in total. The number of thiol groups is 1. The van der Waals surface area contributed by atoms with E-state index in [2.05, 4.69) is 9.71 Å². The third-order valence-corrected chi connectivity index (χ3v) is 4.02. The molecule has 2 N–H and O–H groups in total. The quantitative estimate of drug-likeness (QED) is 0.679. The summed E-state index contributed by atoms with van der Waals surface area (Å²) < 4.78 is 48.4. The summed E-state index contributed by atoms with van der Waals surface area (Å²) in [5.41, 5.74) is 0.143. The monoisotopic (exact) mass is 295 g/mol. The maximum atomic E-state index is 11.6. The number of anilines is 1. The highest BCUT2D eigenvalue weighted by Crippen LogP contribution is 2.34. The van der Waals surface area contributed by atoms with E-state index in [1.54, 1.807) is 0 Å². The minimum Gasteiger partial charge on any atom is -0.284 e. The molecule has 1 aromatic carbocycles. The molecule has 92 valence electrons. The lowest BCUT2D eigenvalue weighted by Gasteiger charge is -2.13. The van der Waals surface area contributed by atoms with Crippen LogP contribution in [0.2, 0.25) is 5.02 Å². The SMILES string of the molecule is O=[SH](=O)Nc1cc2c(cc1Cl)N=CNS2(=O)=O.